The van der Waals surface area contributed by atoms with E-state index in [4.69, 9.17) is 4.42 Å². The van der Waals surface area contributed by atoms with Gasteiger partial charge in [-0.1, -0.05) is 0 Å². The standard InChI is InChI=1S/C11H21N3O/c1-8(7-14(4)5)12-6-11-9(2)13-10(3)15-11/h8,12H,6-7H2,1-5H3. The minimum Gasteiger partial charge on any atom is -0.444 e. The molecular formula is C11H21N3O. The van der Waals surface area contributed by atoms with Crippen molar-refractivity contribution in [3.63, 3.8) is 0 Å². The zero-order valence-electron chi connectivity index (χ0n) is 10.3. The van der Waals surface area contributed by atoms with Crippen LogP contribution in [-0.2, 0) is 6.54 Å². The van der Waals surface area contributed by atoms with Gasteiger partial charge < -0.3 is 14.6 Å². The summed E-state index contributed by atoms with van der Waals surface area (Å²) < 4.78 is 5.48. The highest BCUT2D eigenvalue weighted by Gasteiger charge is 2.08. The molecule has 0 saturated heterocycles. The fourth-order valence-corrected chi connectivity index (χ4v) is 1.62. The first-order valence-corrected chi connectivity index (χ1v) is 5.30. The molecule has 0 fully saturated rings. The third kappa shape index (κ3) is 4.01. The molecule has 0 radical (unpaired) electrons. The Bertz CT molecular complexity index is 307. The van der Waals surface area contributed by atoms with Crippen molar-refractivity contribution in [1.29, 1.82) is 0 Å². The normalized spacial score (nSPS) is 13.5. The van der Waals surface area contributed by atoms with Gasteiger partial charge in [0.2, 0.25) is 0 Å². The fourth-order valence-electron chi connectivity index (χ4n) is 1.62. The van der Waals surface area contributed by atoms with Crippen LogP contribution >= 0.6 is 0 Å². The van der Waals surface area contributed by atoms with Crippen molar-refractivity contribution < 1.29 is 4.42 Å². The van der Waals surface area contributed by atoms with Crippen molar-refractivity contribution in [2.45, 2.75) is 33.4 Å². The van der Waals surface area contributed by atoms with Gasteiger partial charge in [-0.05, 0) is 27.9 Å². The van der Waals surface area contributed by atoms with E-state index in [0.717, 1.165) is 30.4 Å². The molecule has 0 aliphatic heterocycles. The molecule has 86 valence electrons. The van der Waals surface area contributed by atoms with Crippen molar-refractivity contribution in [3.8, 4) is 0 Å². The molecule has 0 saturated carbocycles. The first kappa shape index (κ1) is 12.2. The number of oxazole rings is 1. The fraction of sp³-hybridized carbons (Fsp3) is 0.727. The molecule has 1 N–H and O–H groups in total. The molecule has 1 heterocycles. The van der Waals surface area contributed by atoms with E-state index in [1.807, 2.05) is 13.8 Å². The van der Waals surface area contributed by atoms with Crippen LogP contribution in [0.3, 0.4) is 0 Å². The molecule has 1 aromatic rings. The van der Waals surface area contributed by atoms with Gasteiger partial charge in [0.1, 0.15) is 5.76 Å². The van der Waals surface area contributed by atoms with Gasteiger partial charge in [0.15, 0.2) is 5.89 Å². The lowest BCUT2D eigenvalue weighted by molar-refractivity contribution is 0.339. The third-order valence-corrected chi connectivity index (χ3v) is 2.25. The summed E-state index contributed by atoms with van der Waals surface area (Å²) in [4.78, 5) is 6.40. The minimum atomic E-state index is 0.449. The first-order chi connectivity index (χ1) is 6.99. The number of hydrogen-bond donors (Lipinski definition) is 1. The van der Waals surface area contributed by atoms with Crippen LogP contribution in [0.4, 0.5) is 0 Å². The minimum absolute atomic E-state index is 0.449. The largest absolute Gasteiger partial charge is 0.444 e. The molecule has 0 aliphatic carbocycles. The van der Waals surface area contributed by atoms with Crippen LogP contribution in [-0.4, -0.2) is 36.6 Å². The number of likely N-dealkylation sites (N-methyl/N-ethyl adjacent to an activating group) is 1. The average molecular weight is 211 g/mol. The van der Waals surface area contributed by atoms with Crippen LogP contribution in [0, 0.1) is 13.8 Å². The summed E-state index contributed by atoms with van der Waals surface area (Å²) in [5.74, 6) is 1.68. The van der Waals surface area contributed by atoms with Crippen LogP contribution < -0.4 is 5.32 Å². The highest BCUT2D eigenvalue weighted by atomic mass is 16.4. The van der Waals surface area contributed by atoms with E-state index in [1.165, 1.54) is 0 Å². The topological polar surface area (TPSA) is 41.3 Å². The molecule has 1 unspecified atom stereocenters. The predicted octanol–water partition coefficient (Wildman–Crippen LogP) is 1.33. The van der Waals surface area contributed by atoms with Gasteiger partial charge in [0.25, 0.3) is 0 Å². The molecule has 0 aliphatic rings. The quantitative estimate of drug-likeness (QED) is 0.798. The molecule has 15 heavy (non-hydrogen) atoms. The highest BCUT2D eigenvalue weighted by Crippen LogP contribution is 2.08. The van der Waals surface area contributed by atoms with E-state index in [2.05, 4.69) is 36.2 Å². The summed E-state index contributed by atoms with van der Waals surface area (Å²) in [7, 11) is 4.14. The smallest absolute Gasteiger partial charge is 0.191 e. The van der Waals surface area contributed by atoms with Crippen LogP contribution in [0.1, 0.15) is 24.3 Å². The van der Waals surface area contributed by atoms with E-state index in [-0.39, 0.29) is 0 Å². The number of aryl methyl sites for hydroxylation is 2. The summed E-state index contributed by atoms with van der Waals surface area (Å²) in [6.07, 6.45) is 0. The molecule has 0 aromatic carbocycles. The van der Waals surface area contributed by atoms with Gasteiger partial charge in [0.05, 0.1) is 12.2 Å². The second-order valence-electron chi connectivity index (χ2n) is 4.29. The maximum Gasteiger partial charge on any atom is 0.191 e. The summed E-state index contributed by atoms with van der Waals surface area (Å²) in [5.41, 5.74) is 0.983. The molecular weight excluding hydrogens is 190 g/mol. The third-order valence-electron chi connectivity index (χ3n) is 2.25. The predicted molar refractivity (Wildman–Crippen MR) is 60.8 cm³/mol. The molecule has 4 heteroatoms. The Morgan fingerprint density at radius 1 is 1.40 bits per heavy atom. The van der Waals surface area contributed by atoms with Crippen molar-refractivity contribution >= 4 is 0 Å². The lowest BCUT2D eigenvalue weighted by Gasteiger charge is -2.17. The van der Waals surface area contributed by atoms with Gasteiger partial charge in [-0.15, -0.1) is 0 Å². The SMILES string of the molecule is Cc1nc(C)c(CNC(C)CN(C)C)o1. The Balaban J connectivity index is 2.40. The Morgan fingerprint density at radius 2 is 2.07 bits per heavy atom. The van der Waals surface area contributed by atoms with Crippen LogP contribution in [0.2, 0.25) is 0 Å². The molecule has 1 aromatic heterocycles. The van der Waals surface area contributed by atoms with Gasteiger partial charge in [-0.2, -0.15) is 0 Å². The lowest BCUT2D eigenvalue weighted by Crippen LogP contribution is -2.35. The van der Waals surface area contributed by atoms with Crippen LogP contribution in [0.25, 0.3) is 0 Å². The van der Waals surface area contributed by atoms with Crippen molar-refractivity contribution in [1.82, 2.24) is 15.2 Å². The summed E-state index contributed by atoms with van der Waals surface area (Å²) in [6, 6.07) is 0.449. The maximum absolute atomic E-state index is 5.48. The van der Waals surface area contributed by atoms with E-state index < -0.39 is 0 Å². The van der Waals surface area contributed by atoms with Gasteiger partial charge >= 0.3 is 0 Å². The van der Waals surface area contributed by atoms with Gasteiger partial charge in [-0.3, -0.25) is 0 Å². The Hall–Kier alpha value is -0.870. The lowest BCUT2D eigenvalue weighted by atomic mass is 10.3. The van der Waals surface area contributed by atoms with E-state index >= 15 is 0 Å². The Morgan fingerprint density at radius 3 is 2.53 bits per heavy atom. The van der Waals surface area contributed by atoms with Gasteiger partial charge in [-0.25, -0.2) is 4.98 Å². The molecule has 0 amide bonds. The van der Waals surface area contributed by atoms with Crippen molar-refractivity contribution in [3.05, 3.63) is 17.3 Å². The first-order valence-electron chi connectivity index (χ1n) is 5.30. The number of aromatic nitrogens is 1. The van der Waals surface area contributed by atoms with Crippen molar-refractivity contribution in [2.24, 2.45) is 0 Å². The van der Waals surface area contributed by atoms with Gasteiger partial charge in [0, 0.05) is 19.5 Å². The number of nitrogens with one attached hydrogen (secondary N) is 1. The van der Waals surface area contributed by atoms with Crippen LogP contribution in [0.15, 0.2) is 4.42 Å². The monoisotopic (exact) mass is 211 g/mol. The molecule has 1 rings (SSSR count). The second kappa shape index (κ2) is 5.28. The number of rotatable bonds is 5. The molecule has 4 nitrogen and oxygen atoms in total. The molecule has 1 atom stereocenters. The summed E-state index contributed by atoms with van der Waals surface area (Å²) in [5, 5.41) is 3.41. The zero-order chi connectivity index (χ0) is 11.4. The maximum atomic E-state index is 5.48. The van der Waals surface area contributed by atoms with E-state index in [9.17, 15) is 0 Å². The van der Waals surface area contributed by atoms with E-state index in [0.29, 0.717) is 6.04 Å². The number of nitrogens with zero attached hydrogens (tertiary/aromatic N) is 2. The number of hydrogen-bond acceptors (Lipinski definition) is 4. The zero-order valence-corrected chi connectivity index (χ0v) is 10.3. The second-order valence-corrected chi connectivity index (χ2v) is 4.29. The van der Waals surface area contributed by atoms with Crippen LogP contribution in [0.5, 0.6) is 0 Å². The Kier molecular flexibility index (Phi) is 4.29. The average Bonchev–Trinajstić information content (AvgIpc) is 2.40. The summed E-state index contributed by atoms with van der Waals surface area (Å²) in [6.45, 7) is 7.79. The van der Waals surface area contributed by atoms with Crippen molar-refractivity contribution in [2.75, 3.05) is 20.6 Å². The molecule has 0 bridgehead atoms. The van der Waals surface area contributed by atoms with E-state index in [1.54, 1.807) is 0 Å². The highest BCUT2D eigenvalue weighted by molar-refractivity contribution is 5.06. The Labute approximate surface area is 91.7 Å². The summed E-state index contributed by atoms with van der Waals surface area (Å²) >= 11 is 0. The molecule has 0 spiro atoms.